The summed E-state index contributed by atoms with van der Waals surface area (Å²) in [5.41, 5.74) is 3.00. The number of rotatable bonds is 9. The van der Waals surface area contributed by atoms with Gasteiger partial charge in [0.05, 0.1) is 27.4 Å². The van der Waals surface area contributed by atoms with Crippen molar-refractivity contribution in [3.63, 3.8) is 0 Å². The van der Waals surface area contributed by atoms with Gasteiger partial charge < -0.3 is 27.7 Å². The maximum absolute atomic E-state index is 9.09. The lowest BCUT2D eigenvalue weighted by atomic mass is 9.84. The molecule has 0 aliphatic carbocycles. The van der Waals surface area contributed by atoms with Crippen LogP contribution in [0.15, 0.2) is 45.2 Å². The van der Waals surface area contributed by atoms with Crippen LogP contribution in [0, 0.1) is 0 Å². The molecule has 36 heavy (non-hydrogen) atoms. The summed E-state index contributed by atoms with van der Waals surface area (Å²) in [6.07, 6.45) is 1.41. The maximum Gasteiger partial charge on any atom is 0.387 e. The van der Waals surface area contributed by atoms with Crippen molar-refractivity contribution in [2.24, 2.45) is 0 Å². The third kappa shape index (κ3) is 6.51. The summed E-state index contributed by atoms with van der Waals surface area (Å²) in [7, 11) is 1.59. The summed E-state index contributed by atoms with van der Waals surface area (Å²) in [5, 5.41) is 10.8. The second-order valence-corrected chi connectivity index (χ2v) is 11.9. The highest BCUT2D eigenvalue weighted by atomic mass is 31.1. The van der Waals surface area contributed by atoms with Gasteiger partial charge in [0.1, 0.15) is 22.7 Å². The molecule has 0 aliphatic heterocycles. The summed E-state index contributed by atoms with van der Waals surface area (Å²) in [6, 6.07) is 8.00. The lowest BCUT2D eigenvalue weighted by molar-refractivity contribution is 0.0915. The molecule has 3 rings (SSSR count). The average molecular weight is 519 g/mol. The molecule has 1 aromatic heterocycles. The standard InChI is InChI=1S/C28H39O7P/c1-18(29)32-12-10-11-13-33-36-34-25-21(14-19(30-8)16-23(25)27(2,3)4)22-15-20(31-9)17-24(26(22)35-36)28(5,6)7/h14-17,29H,1,10-13H2,2-9H3. The molecule has 7 nitrogen and oxygen atoms in total. The minimum Gasteiger partial charge on any atom is -0.497 e. The molecule has 0 aliphatic rings. The molecule has 0 amide bonds. The summed E-state index contributed by atoms with van der Waals surface area (Å²) in [4.78, 5) is 0. The normalized spacial score (nSPS) is 12.1. The number of hydrogen-bond acceptors (Lipinski definition) is 7. The minimum absolute atomic E-state index is 0.222. The first-order valence-corrected chi connectivity index (χ1v) is 13.2. The predicted octanol–water partition coefficient (Wildman–Crippen LogP) is 8.16. The first-order chi connectivity index (χ1) is 16.8. The monoisotopic (exact) mass is 518 g/mol. The Labute approximate surface area is 214 Å². The van der Waals surface area contributed by atoms with Crippen molar-refractivity contribution >= 4 is 30.2 Å². The Morgan fingerprint density at radius 1 is 0.806 bits per heavy atom. The molecular weight excluding hydrogens is 479 g/mol. The van der Waals surface area contributed by atoms with Gasteiger partial charge in [-0.05, 0) is 54.5 Å². The zero-order valence-electron chi connectivity index (χ0n) is 22.7. The smallest absolute Gasteiger partial charge is 0.387 e. The van der Waals surface area contributed by atoms with Gasteiger partial charge in [-0.1, -0.05) is 41.5 Å². The van der Waals surface area contributed by atoms with Crippen molar-refractivity contribution in [3.05, 3.63) is 47.9 Å². The van der Waals surface area contributed by atoms with Crippen LogP contribution in [0.25, 0.3) is 21.9 Å². The Balaban J connectivity index is 2.30. The van der Waals surface area contributed by atoms with Gasteiger partial charge in [0.25, 0.3) is 5.95 Å². The number of aliphatic hydroxyl groups is 1. The van der Waals surface area contributed by atoms with Crippen LogP contribution in [0.1, 0.15) is 65.5 Å². The van der Waals surface area contributed by atoms with Crippen LogP contribution in [0.3, 0.4) is 0 Å². The van der Waals surface area contributed by atoms with Gasteiger partial charge in [-0.2, -0.15) is 0 Å². The molecule has 0 spiro atoms. The maximum atomic E-state index is 9.09. The van der Waals surface area contributed by atoms with Gasteiger partial charge in [-0.25, -0.2) is 0 Å². The SMILES string of the molecule is C=C(O)OCCCCOp1oc2c(C(C)(C)C)cc(OC)cc2c2cc(OC)cc(C(C)(C)C)c2o1. The van der Waals surface area contributed by atoms with Crippen LogP contribution >= 0.6 is 8.24 Å². The Morgan fingerprint density at radius 2 is 1.25 bits per heavy atom. The molecule has 3 aromatic rings. The van der Waals surface area contributed by atoms with Crippen LogP contribution in [0.4, 0.5) is 0 Å². The fraction of sp³-hybridized carbons (Fsp3) is 0.500. The number of aliphatic hydroxyl groups excluding tert-OH is 1. The summed E-state index contributed by atoms with van der Waals surface area (Å²) < 4.78 is 35.6. The molecule has 0 bridgehead atoms. The van der Waals surface area contributed by atoms with E-state index in [1.807, 2.05) is 24.3 Å². The molecule has 1 N–H and O–H groups in total. The highest BCUT2D eigenvalue weighted by molar-refractivity contribution is 7.31. The zero-order chi connectivity index (χ0) is 26.7. The van der Waals surface area contributed by atoms with Crippen molar-refractivity contribution in [1.29, 1.82) is 0 Å². The Morgan fingerprint density at radius 3 is 1.64 bits per heavy atom. The van der Waals surface area contributed by atoms with E-state index < -0.39 is 8.24 Å². The fourth-order valence-electron chi connectivity index (χ4n) is 3.91. The molecule has 198 valence electrons. The van der Waals surface area contributed by atoms with Crippen molar-refractivity contribution in [2.45, 2.75) is 65.2 Å². The fourth-order valence-corrected chi connectivity index (χ4v) is 5.02. The third-order valence-electron chi connectivity index (χ3n) is 5.84. The second-order valence-electron chi connectivity index (χ2n) is 10.8. The van der Waals surface area contributed by atoms with Gasteiger partial charge in [0.15, 0.2) is 0 Å². The van der Waals surface area contributed by atoms with Gasteiger partial charge in [0, 0.05) is 21.9 Å². The van der Waals surface area contributed by atoms with Gasteiger partial charge in [0.2, 0.25) is 0 Å². The molecular formula is C28H39O7P. The lowest BCUT2D eigenvalue weighted by Gasteiger charge is -2.21. The molecule has 0 unspecified atom stereocenters. The van der Waals surface area contributed by atoms with Crippen molar-refractivity contribution in [3.8, 4) is 11.5 Å². The van der Waals surface area contributed by atoms with E-state index >= 15 is 0 Å². The van der Waals surface area contributed by atoms with Crippen LogP contribution in [-0.4, -0.2) is 32.5 Å². The van der Waals surface area contributed by atoms with Crippen molar-refractivity contribution < 1.29 is 32.2 Å². The zero-order valence-corrected chi connectivity index (χ0v) is 23.6. The summed E-state index contributed by atoms with van der Waals surface area (Å²) in [5.74, 6) is 1.20. The third-order valence-corrected chi connectivity index (χ3v) is 6.89. The molecule has 0 atom stereocenters. The van der Waals surface area contributed by atoms with Crippen LogP contribution in [0.5, 0.6) is 11.5 Å². The van der Waals surface area contributed by atoms with Crippen LogP contribution < -0.4 is 14.0 Å². The quantitative estimate of drug-likeness (QED) is 0.226. The molecule has 0 radical (unpaired) electrons. The van der Waals surface area contributed by atoms with E-state index in [0.717, 1.165) is 44.6 Å². The topological polar surface area (TPSA) is 83.4 Å². The molecule has 0 saturated heterocycles. The van der Waals surface area contributed by atoms with E-state index in [9.17, 15) is 0 Å². The number of hydrogen-bond donors (Lipinski definition) is 1. The van der Waals surface area contributed by atoms with Gasteiger partial charge in [-0.3, -0.25) is 4.52 Å². The Kier molecular flexibility index (Phi) is 8.58. The molecule has 8 heteroatoms. The van der Waals surface area contributed by atoms with Gasteiger partial charge >= 0.3 is 8.24 Å². The first kappa shape index (κ1) is 27.8. The van der Waals surface area contributed by atoms with E-state index in [0.29, 0.717) is 26.1 Å². The highest BCUT2D eigenvalue weighted by Gasteiger charge is 2.25. The molecule has 0 fully saturated rings. The number of fused-ring (bicyclic) bond motifs is 3. The van der Waals surface area contributed by atoms with Crippen LogP contribution in [-0.2, 0) is 15.6 Å². The minimum atomic E-state index is -1.75. The summed E-state index contributed by atoms with van der Waals surface area (Å²) >= 11 is 0. The number of methoxy groups -OCH3 is 2. The second kappa shape index (κ2) is 11.1. The number of ether oxygens (including phenoxy) is 3. The molecule has 2 aromatic carbocycles. The molecule has 1 heterocycles. The van der Waals surface area contributed by atoms with Crippen molar-refractivity contribution in [2.75, 3.05) is 27.4 Å². The van der Waals surface area contributed by atoms with E-state index in [4.69, 9.17) is 32.2 Å². The summed E-state index contributed by atoms with van der Waals surface area (Å²) in [6.45, 7) is 17.0. The average Bonchev–Trinajstić information content (AvgIpc) is 2.94. The Bertz CT molecular complexity index is 1180. The van der Waals surface area contributed by atoms with E-state index in [1.165, 1.54) is 0 Å². The predicted molar refractivity (Wildman–Crippen MR) is 145 cm³/mol. The molecule has 0 saturated carbocycles. The van der Waals surface area contributed by atoms with Crippen LogP contribution in [0.2, 0.25) is 0 Å². The number of unbranched alkanes of at least 4 members (excludes halogenated alkanes) is 1. The largest absolute Gasteiger partial charge is 0.497 e. The van der Waals surface area contributed by atoms with E-state index in [-0.39, 0.29) is 16.8 Å². The first-order valence-electron chi connectivity index (χ1n) is 12.1. The van der Waals surface area contributed by atoms with Gasteiger partial charge in [-0.15, -0.1) is 0 Å². The highest BCUT2D eigenvalue weighted by Crippen LogP contribution is 2.44. The van der Waals surface area contributed by atoms with E-state index in [1.54, 1.807) is 14.2 Å². The van der Waals surface area contributed by atoms with E-state index in [2.05, 4.69) is 48.1 Å². The van der Waals surface area contributed by atoms with Crippen molar-refractivity contribution in [1.82, 2.24) is 0 Å². The Hall–Kier alpha value is -2.76. The number of benzene rings is 2. The lowest BCUT2D eigenvalue weighted by Crippen LogP contribution is -2.12.